The molecule has 0 fully saturated rings. The summed E-state index contributed by atoms with van der Waals surface area (Å²) in [6.07, 6.45) is 0. The zero-order chi connectivity index (χ0) is 15.6. The molecule has 0 spiro atoms. The Balaban J connectivity index is 2.27. The van der Waals surface area contributed by atoms with E-state index in [0.717, 1.165) is 5.56 Å². The predicted molar refractivity (Wildman–Crippen MR) is 75.7 cm³/mol. The number of hydrogen-bond donors (Lipinski definition) is 1. The Hall–Kier alpha value is -2.63. The zero-order valence-corrected chi connectivity index (χ0v) is 12.0. The minimum atomic E-state index is -1.13. The smallest absolute Gasteiger partial charge is 0.364 e. The number of benzene rings is 1. The molecule has 0 amide bonds. The van der Waals surface area contributed by atoms with Crippen LogP contribution < -0.4 is 4.74 Å². The Morgan fingerprint density at radius 2 is 2.00 bits per heavy atom. The lowest BCUT2D eigenvalue weighted by molar-refractivity contribution is 0.0679. The maximum absolute atomic E-state index is 12.0. The van der Waals surface area contributed by atoms with Gasteiger partial charge in [-0.05, 0) is 38.5 Å². The van der Waals surface area contributed by atoms with E-state index in [9.17, 15) is 9.59 Å². The van der Waals surface area contributed by atoms with Crippen molar-refractivity contribution < 1.29 is 19.4 Å². The third-order valence-electron chi connectivity index (χ3n) is 2.85. The number of aryl methyl sites for hydroxylation is 1. The molecule has 0 radical (unpaired) electrons. The first kappa shape index (κ1) is 14.8. The highest BCUT2D eigenvalue weighted by Gasteiger charge is 2.21. The molecule has 2 rings (SSSR count). The van der Waals surface area contributed by atoms with Gasteiger partial charge in [-0.2, -0.15) is 5.10 Å². The molecule has 0 atom stereocenters. The second-order valence-electron chi connectivity index (χ2n) is 4.96. The monoisotopic (exact) mass is 288 g/mol. The Kier molecular flexibility index (Phi) is 4.07. The standard InChI is InChI=1S/C15H16N2O4/c1-9(2)17-13(14(18)19)8-12(16-17)15(20)21-11-6-4-5-10(3)7-11/h4-9H,1-3H3,(H,18,19). The largest absolute Gasteiger partial charge is 0.477 e. The number of carboxylic acid groups (broad SMARTS) is 1. The zero-order valence-electron chi connectivity index (χ0n) is 12.0. The molecule has 1 aromatic carbocycles. The molecular weight excluding hydrogens is 272 g/mol. The number of esters is 1. The summed E-state index contributed by atoms with van der Waals surface area (Å²) in [5.41, 5.74) is 0.892. The van der Waals surface area contributed by atoms with Crippen LogP contribution in [0, 0.1) is 6.92 Å². The third-order valence-corrected chi connectivity index (χ3v) is 2.85. The molecule has 21 heavy (non-hydrogen) atoms. The van der Waals surface area contributed by atoms with Gasteiger partial charge < -0.3 is 9.84 Å². The van der Waals surface area contributed by atoms with Crippen LogP contribution in [0.5, 0.6) is 5.75 Å². The molecule has 1 aromatic heterocycles. The van der Waals surface area contributed by atoms with Crippen LogP contribution >= 0.6 is 0 Å². The number of carboxylic acids is 1. The number of rotatable bonds is 4. The summed E-state index contributed by atoms with van der Waals surface area (Å²) >= 11 is 0. The van der Waals surface area contributed by atoms with Gasteiger partial charge in [-0.1, -0.05) is 12.1 Å². The van der Waals surface area contributed by atoms with Gasteiger partial charge in [0.15, 0.2) is 5.69 Å². The number of ether oxygens (including phenoxy) is 1. The van der Waals surface area contributed by atoms with Crippen molar-refractivity contribution in [1.29, 1.82) is 0 Å². The van der Waals surface area contributed by atoms with Crippen molar-refractivity contribution in [2.24, 2.45) is 0 Å². The van der Waals surface area contributed by atoms with Crippen LogP contribution in [0.2, 0.25) is 0 Å². The average molecular weight is 288 g/mol. The van der Waals surface area contributed by atoms with Crippen molar-refractivity contribution in [2.75, 3.05) is 0 Å². The fraction of sp³-hybridized carbons (Fsp3) is 0.267. The van der Waals surface area contributed by atoms with Crippen molar-refractivity contribution in [3.05, 3.63) is 47.3 Å². The normalized spacial score (nSPS) is 10.7. The number of nitrogens with zero attached hydrogens (tertiary/aromatic N) is 2. The maximum Gasteiger partial charge on any atom is 0.364 e. The van der Waals surface area contributed by atoms with Gasteiger partial charge in [0.25, 0.3) is 0 Å². The summed E-state index contributed by atoms with van der Waals surface area (Å²) in [4.78, 5) is 23.2. The van der Waals surface area contributed by atoms with E-state index in [0.29, 0.717) is 5.75 Å². The fourth-order valence-electron chi connectivity index (χ4n) is 1.89. The molecular formula is C15H16N2O4. The molecule has 0 bridgehead atoms. The Bertz CT molecular complexity index is 689. The average Bonchev–Trinajstić information content (AvgIpc) is 2.84. The first-order chi connectivity index (χ1) is 9.88. The minimum absolute atomic E-state index is 0.0254. The predicted octanol–water partition coefficient (Wildman–Crippen LogP) is 2.69. The molecule has 1 N–H and O–H groups in total. The lowest BCUT2D eigenvalue weighted by atomic mass is 10.2. The van der Waals surface area contributed by atoms with E-state index in [2.05, 4.69) is 5.10 Å². The van der Waals surface area contributed by atoms with Crippen LogP contribution in [0.4, 0.5) is 0 Å². The molecule has 0 aliphatic rings. The van der Waals surface area contributed by atoms with E-state index in [1.807, 2.05) is 13.0 Å². The molecule has 2 aromatic rings. The van der Waals surface area contributed by atoms with Crippen molar-refractivity contribution in [1.82, 2.24) is 9.78 Å². The van der Waals surface area contributed by atoms with E-state index in [1.54, 1.807) is 32.0 Å². The van der Waals surface area contributed by atoms with Gasteiger partial charge >= 0.3 is 11.9 Å². The summed E-state index contributed by atoms with van der Waals surface area (Å²) in [6.45, 7) is 5.46. The summed E-state index contributed by atoms with van der Waals surface area (Å²) in [5, 5.41) is 13.1. The molecule has 0 aliphatic carbocycles. The molecule has 110 valence electrons. The lowest BCUT2D eigenvalue weighted by Gasteiger charge is -2.07. The van der Waals surface area contributed by atoms with Crippen molar-refractivity contribution in [3.8, 4) is 5.75 Å². The summed E-state index contributed by atoms with van der Waals surface area (Å²) in [5.74, 6) is -1.41. The summed E-state index contributed by atoms with van der Waals surface area (Å²) in [7, 11) is 0. The molecule has 6 heteroatoms. The van der Waals surface area contributed by atoms with E-state index >= 15 is 0 Å². The molecule has 0 saturated heterocycles. The van der Waals surface area contributed by atoms with Crippen molar-refractivity contribution >= 4 is 11.9 Å². The topological polar surface area (TPSA) is 81.4 Å². The highest BCUT2D eigenvalue weighted by atomic mass is 16.5. The Morgan fingerprint density at radius 1 is 1.29 bits per heavy atom. The molecule has 1 heterocycles. The Labute approximate surface area is 122 Å². The van der Waals surface area contributed by atoms with Crippen molar-refractivity contribution in [3.63, 3.8) is 0 Å². The highest BCUT2D eigenvalue weighted by molar-refractivity contribution is 5.93. The van der Waals surface area contributed by atoms with E-state index in [1.165, 1.54) is 10.7 Å². The first-order valence-electron chi connectivity index (χ1n) is 6.50. The van der Waals surface area contributed by atoms with Gasteiger partial charge in [0, 0.05) is 12.1 Å². The van der Waals surface area contributed by atoms with Gasteiger partial charge in [0.05, 0.1) is 0 Å². The van der Waals surface area contributed by atoms with Gasteiger partial charge in [-0.15, -0.1) is 0 Å². The second-order valence-corrected chi connectivity index (χ2v) is 4.96. The van der Waals surface area contributed by atoms with E-state index < -0.39 is 11.9 Å². The molecule has 0 unspecified atom stereocenters. The SMILES string of the molecule is Cc1cccc(OC(=O)c2cc(C(=O)O)n(C(C)C)n2)c1. The van der Waals surface area contributed by atoms with Gasteiger partial charge in [0.1, 0.15) is 11.4 Å². The first-order valence-corrected chi connectivity index (χ1v) is 6.50. The van der Waals surface area contributed by atoms with Crippen LogP contribution in [-0.2, 0) is 0 Å². The molecule has 0 aliphatic heterocycles. The van der Waals surface area contributed by atoms with E-state index in [4.69, 9.17) is 9.84 Å². The highest BCUT2D eigenvalue weighted by Crippen LogP contribution is 2.16. The van der Waals surface area contributed by atoms with Crippen LogP contribution in [0.25, 0.3) is 0 Å². The van der Waals surface area contributed by atoms with Crippen molar-refractivity contribution in [2.45, 2.75) is 26.8 Å². The number of aromatic carboxylic acids is 1. The number of aromatic nitrogens is 2. The second kappa shape index (κ2) is 5.78. The third kappa shape index (κ3) is 3.28. The van der Waals surface area contributed by atoms with Crippen LogP contribution in [0.1, 0.15) is 46.4 Å². The Morgan fingerprint density at radius 3 is 2.52 bits per heavy atom. The van der Waals surface area contributed by atoms with Gasteiger partial charge in [0.2, 0.25) is 0 Å². The summed E-state index contributed by atoms with van der Waals surface area (Å²) < 4.78 is 6.49. The lowest BCUT2D eigenvalue weighted by Crippen LogP contribution is -2.13. The van der Waals surface area contributed by atoms with Crippen LogP contribution in [0.3, 0.4) is 0 Å². The van der Waals surface area contributed by atoms with E-state index in [-0.39, 0.29) is 17.4 Å². The number of carbonyl (C=O) groups is 2. The molecule has 0 saturated carbocycles. The maximum atomic E-state index is 12.0. The number of carbonyl (C=O) groups excluding carboxylic acids is 1. The molecule has 6 nitrogen and oxygen atoms in total. The number of hydrogen-bond acceptors (Lipinski definition) is 4. The van der Waals surface area contributed by atoms with Crippen LogP contribution in [-0.4, -0.2) is 26.8 Å². The fourth-order valence-corrected chi connectivity index (χ4v) is 1.89. The summed E-state index contributed by atoms with van der Waals surface area (Å²) in [6, 6.07) is 8.08. The quantitative estimate of drug-likeness (QED) is 0.691. The minimum Gasteiger partial charge on any atom is -0.477 e. The van der Waals surface area contributed by atoms with Gasteiger partial charge in [-0.3, -0.25) is 4.68 Å². The van der Waals surface area contributed by atoms with Gasteiger partial charge in [-0.25, -0.2) is 9.59 Å². The van der Waals surface area contributed by atoms with Crippen LogP contribution in [0.15, 0.2) is 30.3 Å².